The van der Waals surface area contributed by atoms with Gasteiger partial charge in [0.25, 0.3) is 0 Å². The van der Waals surface area contributed by atoms with Crippen LogP contribution < -0.4 is 5.32 Å². The van der Waals surface area contributed by atoms with Crippen LogP contribution in [0.2, 0.25) is 0 Å². The van der Waals surface area contributed by atoms with Crippen LogP contribution in [0.15, 0.2) is 0 Å². The second-order valence-corrected chi connectivity index (χ2v) is 4.87. The van der Waals surface area contributed by atoms with Crippen LogP contribution in [-0.2, 0) is 4.79 Å². The number of hydrogen-bond acceptors (Lipinski definition) is 3. The van der Waals surface area contributed by atoms with Gasteiger partial charge in [-0.25, -0.2) is 0 Å². The number of carbonyl (C=O) groups is 1. The van der Waals surface area contributed by atoms with Gasteiger partial charge in [0.05, 0.1) is 11.8 Å². The number of thioether (sulfide) groups is 1. The summed E-state index contributed by atoms with van der Waals surface area (Å²) in [5.74, 6) is 0.805. The predicted molar refractivity (Wildman–Crippen MR) is 62.5 cm³/mol. The van der Waals surface area contributed by atoms with Crippen molar-refractivity contribution < 1.29 is 4.79 Å². The van der Waals surface area contributed by atoms with Crippen LogP contribution >= 0.6 is 11.8 Å². The van der Waals surface area contributed by atoms with Crippen LogP contribution in [0.5, 0.6) is 0 Å². The minimum absolute atomic E-state index is 0.0142. The highest BCUT2D eigenvalue weighted by atomic mass is 32.2. The van der Waals surface area contributed by atoms with Crippen LogP contribution in [0.4, 0.5) is 0 Å². The van der Waals surface area contributed by atoms with Crippen LogP contribution in [0.3, 0.4) is 0 Å². The van der Waals surface area contributed by atoms with Gasteiger partial charge in [0.1, 0.15) is 6.04 Å². The number of nitrogens with zero attached hydrogens (tertiary/aromatic N) is 1. The highest BCUT2D eigenvalue weighted by Gasteiger charge is 2.24. The monoisotopic (exact) mass is 226 g/mol. The minimum atomic E-state index is -0.273. The molecule has 1 rings (SSSR count). The fourth-order valence-corrected chi connectivity index (χ4v) is 2.41. The van der Waals surface area contributed by atoms with E-state index in [1.54, 1.807) is 0 Å². The number of carbonyl (C=O) groups excluding carboxylic acids is 1. The first-order valence-corrected chi connectivity index (χ1v) is 6.85. The minimum Gasteiger partial charge on any atom is -0.339 e. The fourth-order valence-electron chi connectivity index (χ4n) is 2.07. The fraction of sp³-hybridized carbons (Fsp3) is 0.818. The van der Waals surface area contributed by atoms with Crippen LogP contribution in [-0.4, -0.2) is 24.0 Å². The summed E-state index contributed by atoms with van der Waals surface area (Å²) in [6.07, 6.45) is 7.72. The largest absolute Gasteiger partial charge is 0.339 e. The normalized spacial score (nSPS) is 19.2. The average Bonchev–Trinajstić information content (AvgIpc) is 2.27. The maximum atomic E-state index is 11.4. The van der Waals surface area contributed by atoms with E-state index < -0.39 is 0 Å². The van der Waals surface area contributed by atoms with E-state index in [1.165, 1.54) is 31.0 Å². The molecule has 0 aromatic carbocycles. The van der Waals surface area contributed by atoms with Crippen LogP contribution in [0, 0.1) is 17.2 Å². The summed E-state index contributed by atoms with van der Waals surface area (Å²) in [4.78, 5) is 11.4. The first kappa shape index (κ1) is 12.4. The molecule has 1 aliphatic carbocycles. The molecule has 3 nitrogen and oxygen atoms in total. The molecule has 4 heteroatoms. The Bertz CT molecular complexity index is 243. The summed E-state index contributed by atoms with van der Waals surface area (Å²) in [7, 11) is 0. The Hall–Kier alpha value is -0.690. The van der Waals surface area contributed by atoms with Gasteiger partial charge >= 0.3 is 0 Å². The van der Waals surface area contributed by atoms with E-state index in [9.17, 15) is 4.79 Å². The maximum absolute atomic E-state index is 11.4. The molecule has 84 valence electrons. The summed E-state index contributed by atoms with van der Waals surface area (Å²) in [6.45, 7) is 0. The Morgan fingerprint density at radius 1 is 1.53 bits per heavy atom. The molecule has 0 heterocycles. The van der Waals surface area contributed by atoms with Crippen molar-refractivity contribution in [2.45, 2.75) is 38.1 Å². The molecule has 1 aliphatic rings. The zero-order chi connectivity index (χ0) is 11.1. The number of rotatable bonds is 4. The van der Waals surface area contributed by atoms with Crippen molar-refractivity contribution in [1.29, 1.82) is 5.26 Å². The Labute approximate surface area is 95.6 Å². The van der Waals surface area contributed by atoms with E-state index in [2.05, 4.69) is 11.4 Å². The standard InChI is InChI=1S/C11H18N2OS/c1-15-8-11(14)13-10(7-12)9-5-3-2-4-6-9/h9-10H,2-6,8H2,1H3,(H,13,14). The molecule has 1 unspecified atom stereocenters. The molecular formula is C11H18N2OS. The lowest BCUT2D eigenvalue weighted by molar-refractivity contribution is -0.119. The Morgan fingerprint density at radius 2 is 2.20 bits per heavy atom. The van der Waals surface area contributed by atoms with Crippen molar-refractivity contribution in [2.24, 2.45) is 5.92 Å². The molecule has 1 fully saturated rings. The van der Waals surface area contributed by atoms with Gasteiger partial charge in [-0.1, -0.05) is 19.3 Å². The van der Waals surface area contributed by atoms with Gasteiger partial charge in [0.15, 0.2) is 0 Å². The maximum Gasteiger partial charge on any atom is 0.231 e. The van der Waals surface area contributed by atoms with Gasteiger partial charge in [-0.3, -0.25) is 4.79 Å². The SMILES string of the molecule is CSCC(=O)NC(C#N)C1CCCCC1. The van der Waals surface area contributed by atoms with E-state index in [1.807, 2.05) is 6.26 Å². The van der Waals surface area contributed by atoms with Gasteiger partial charge in [0, 0.05) is 0 Å². The second kappa shape index (κ2) is 6.73. The average molecular weight is 226 g/mol. The molecule has 0 spiro atoms. The van der Waals surface area contributed by atoms with Crippen molar-refractivity contribution >= 4 is 17.7 Å². The summed E-state index contributed by atoms with van der Waals surface area (Å²) >= 11 is 1.49. The van der Waals surface area contributed by atoms with E-state index in [-0.39, 0.29) is 11.9 Å². The molecule has 1 amide bonds. The molecular weight excluding hydrogens is 208 g/mol. The molecule has 0 aromatic rings. The van der Waals surface area contributed by atoms with Gasteiger partial charge < -0.3 is 5.32 Å². The molecule has 0 radical (unpaired) electrons. The smallest absolute Gasteiger partial charge is 0.231 e. The molecule has 1 N–H and O–H groups in total. The van der Waals surface area contributed by atoms with E-state index in [0.29, 0.717) is 11.7 Å². The zero-order valence-corrected chi connectivity index (χ0v) is 9.98. The number of nitriles is 1. The quantitative estimate of drug-likeness (QED) is 0.797. The lowest BCUT2D eigenvalue weighted by Crippen LogP contribution is -2.40. The predicted octanol–water partition coefficient (Wildman–Crippen LogP) is 1.94. The first-order valence-electron chi connectivity index (χ1n) is 5.46. The first-order chi connectivity index (χ1) is 7.27. The van der Waals surface area contributed by atoms with Crippen molar-refractivity contribution in [1.82, 2.24) is 5.32 Å². The Balaban J connectivity index is 2.41. The van der Waals surface area contributed by atoms with E-state index in [0.717, 1.165) is 12.8 Å². The third kappa shape index (κ3) is 4.13. The number of nitrogens with one attached hydrogen (secondary N) is 1. The summed E-state index contributed by atoms with van der Waals surface area (Å²) < 4.78 is 0. The summed E-state index contributed by atoms with van der Waals surface area (Å²) in [5.41, 5.74) is 0. The molecule has 0 bridgehead atoms. The molecule has 0 saturated heterocycles. The van der Waals surface area contributed by atoms with Gasteiger partial charge in [-0.15, -0.1) is 0 Å². The summed E-state index contributed by atoms with van der Waals surface area (Å²) in [6, 6.07) is 1.95. The lowest BCUT2D eigenvalue weighted by Gasteiger charge is -2.26. The number of amides is 1. The molecule has 0 aromatic heterocycles. The third-order valence-corrected chi connectivity index (χ3v) is 3.40. The van der Waals surface area contributed by atoms with Gasteiger partial charge in [-0.2, -0.15) is 17.0 Å². The van der Waals surface area contributed by atoms with E-state index in [4.69, 9.17) is 5.26 Å². The zero-order valence-electron chi connectivity index (χ0n) is 9.16. The highest BCUT2D eigenvalue weighted by Crippen LogP contribution is 2.26. The molecule has 1 saturated carbocycles. The molecule has 15 heavy (non-hydrogen) atoms. The van der Waals surface area contributed by atoms with Crippen molar-refractivity contribution in [3.63, 3.8) is 0 Å². The van der Waals surface area contributed by atoms with Crippen molar-refractivity contribution in [3.8, 4) is 6.07 Å². The van der Waals surface area contributed by atoms with E-state index >= 15 is 0 Å². The Kier molecular flexibility index (Phi) is 5.56. The van der Waals surface area contributed by atoms with Gasteiger partial charge in [0.2, 0.25) is 5.91 Å². The van der Waals surface area contributed by atoms with Crippen molar-refractivity contribution in [3.05, 3.63) is 0 Å². The molecule has 1 atom stereocenters. The highest BCUT2D eigenvalue weighted by molar-refractivity contribution is 7.99. The number of hydrogen-bond donors (Lipinski definition) is 1. The van der Waals surface area contributed by atoms with Crippen LogP contribution in [0.25, 0.3) is 0 Å². The van der Waals surface area contributed by atoms with Crippen molar-refractivity contribution in [2.75, 3.05) is 12.0 Å². The second-order valence-electron chi connectivity index (χ2n) is 4.01. The topological polar surface area (TPSA) is 52.9 Å². The van der Waals surface area contributed by atoms with Gasteiger partial charge in [-0.05, 0) is 25.0 Å². The summed E-state index contributed by atoms with van der Waals surface area (Å²) in [5, 5.41) is 11.8. The lowest BCUT2D eigenvalue weighted by atomic mass is 9.84. The van der Waals surface area contributed by atoms with Crippen LogP contribution in [0.1, 0.15) is 32.1 Å². The molecule has 0 aliphatic heterocycles. The third-order valence-electron chi connectivity index (χ3n) is 2.85. The Morgan fingerprint density at radius 3 is 2.73 bits per heavy atom.